The monoisotopic (exact) mass is 212 g/mol. The van der Waals surface area contributed by atoms with Gasteiger partial charge in [0.2, 0.25) is 0 Å². The van der Waals surface area contributed by atoms with Crippen molar-refractivity contribution in [1.82, 2.24) is 0 Å². The Morgan fingerprint density at radius 3 is 2.00 bits per heavy atom. The van der Waals surface area contributed by atoms with Crippen LogP contribution in [0.3, 0.4) is 0 Å². The lowest BCUT2D eigenvalue weighted by atomic mass is 10.2. The average Bonchev–Trinajstić information content (AvgIpc) is 2.10. The molecule has 0 heterocycles. The van der Waals surface area contributed by atoms with Crippen molar-refractivity contribution in [2.24, 2.45) is 0 Å². The molecule has 0 saturated heterocycles. The van der Waals surface area contributed by atoms with Crippen molar-refractivity contribution in [2.75, 3.05) is 0 Å². The second-order valence-electron chi connectivity index (χ2n) is 1.98. The van der Waals surface area contributed by atoms with Crippen molar-refractivity contribution >= 4 is 15.9 Å². The largest absolute Gasteiger partial charge is 0.106 e. The molecule has 0 aliphatic carbocycles. The fourth-order valence-electron chi connectivity index (χ4n) is 0.720. The molecule has 0 amide bonds. The maximum atomic E-state index is 3.37. The second kappa shape index (κ2) is 6.17. The lowest BCUT2D eigenvalue weighted by Crippen LogP contribution is -1.75. The van der Waals surface area contributed by atoms with Crippen LogP contribution in [-0.4, -0.2) is 0 Å². The average molecular weight is 213 g/mol. The summed E-state index contributed by atoms with van der Waals surface area (Å²) in [6.07, 6.45) is 1.12. The van der Waals surface area contributed by atoms with E-state index in [-0.39, 0.29) is 0 Å². The first-order valence-electron chi connectivity index (χ1n) is 3.57. The van der Waals surface area contributed by atoms with E-state index in [4.69, 9.17) is 0 Å². The quantitative estimate of drug-likeness (QED) is 0.622. The standard InChI is InChI=1S/C8H9Br.C2H4/c1-2-7-3-5-8(9)6-4-7;1-2/h3-6H,2H2,1H3;1-2H2. The molecule has 0 aliphatic rings. The number of hydrogen-bond donors (Lipinski definition) is 0. The molecule has 0 radical (unpaired) electrons. The van der Waals surface area contributed by atoms with Crippen LogP contribution in [0.2, 0.25) is 0 Å². The Labute approximate surface area is 77.1 Å². The van der Waals surface area contributed by atoms with Crippen LogP contribution in [0.15, 0.2) is 41.9 Å². The zero-order valence-electron chi connectivity index (χ0n) is 6.81. The van der Waals surface area contributed by atoms with Crippen molar-refractivity contribution in [3.8, 4) is 0 Å². The molecular weight excluding hydrogens is 200 g/mol. The zero-order valence-corrected chi connectivity index (χ0v) is 8.39. The lowest BCUT2D eigenvalue weighted by Gasteiger charge is -1.93. The number of halogens is 1. The number of benzene rings is 1. The number of rotatable bonds is 1. The van der Waals surface area contributed by atoms with Crippen LogP contribution >= 0.6 is 15.9 Å². The minimum absolute atomic E-state index is 1.12. The molecule has 0 unspecified atom stereocenters. The van der Waals surface area contributed by atoms with Crippen LogP contribution in [0.4, 0.5) is 0 Å². The maximum Gasteiger partial charge on any atom is 0.0175 e. The van der Waals surface area contributed by atoms with Gasteiger partial charge >= 0.3 is 0 Å². The molecule has 1 heteroatoms. The van der Waals surface area contributed by atoms with E-state index in [0.717, 1.165) is 10.9 Å². The van der Waals surface area contributed by atoms with Gasteiger partial charge < -0.3 is 0 Å². The van der Waals surface area contributed by atoms with Crippen molar-refractivity contribution in [3.63, 3.8) is 0 Å². The minimum Gasteiger partial charge on any atom is -0.106 e. The van der Waals surface area contributed by atoms with Gasteiger partial charge in [0.05, 0.1) is 0 Å². The number of hydrogen-bond acceptors (Lipinski definition) is 0. The van der Waals surface area contributed by atoms with Crippen LogP contribution in [0.1, 0.15) is 12.5 Å². The third-order valence-electron chi connectivity index (χ3n) is 1.32. The van der Waals surface area contributed by atoms with E-state index in [1.807, 2.05) is 0 Å². The van der Waals surface area contributed by atoms with Crippen LogP contribution < -0.4 is 0 Å². The molecule has 1 aromatic rings. The summed E-state index contributed by atoms with van der Waals surface area (Å²) < 4.78 is 1.15. The normalized spacial score (nSPS) is 8.18. The Bertz CT molecular complexity index is 189. The highest BCUT2D eigenvalue weighted by Crippen LogP contribution is 2.10. The van der Waals surface area contributed by atoms with Crippen LogP contribution in [0.5, 0.6) is 0 Å². The third-order valence-corrected chi connectivity index (χ3v) is 1.85. The highest BCUT2D eigenvalue weighted by Gasteiger charge is 1.86. The van der Waals surface area contributed by atoms with Crippen molar-refractivity contribution in [1.29, 1.82) is 0 Å². The molecule has 0 aromatic heterocycles. The van der Waals surface area contributed by atoms with E-state index in [1.54, 1.807) is 0 Å². The summed E-state index contributed by atoms with van der Waals surface area (Å²) in [5, 5.41) is 0. The van der Waals surface area contributed by atoms with Crippen LogP contribution in [-0.2, 0) is 6.42 Å². The van der Waals surface area contributed by atoms with Crippen LogP contribution in [0, 0.1) is 0 Å². The predicted octanol–water partition coefficient (Wildman–Crippen LogP) is 3.81. The van der Waals surface area contributed by atoms with Crippen molar-refractivity contribution < 1.29 is 0 Å². The Balaban J connectivity index is 0.000000461. The van der Waals surface area contributed by atoms with E-state index in [9.17, 15) is 0 Å². The summed E-state index contributed by atoms with van der Waals surface area (Å²) in [5.41, 5.74) is 1.39. The Hall–Kier alpha value is -0.560. The molecule has 60 valence electrons. The minimum atomic E-state index is 1.12. The van der Waals surface area contributed by atoms with Gasteiger partial charge in [-0.25, -0.2) is 0 Å². The first-order chi connectivity index (χ1) is 5.33. The first-order valence-corrected chi connectivity index (χ1v) is 4.36. The van der Waals surface area contributed by atoms with Gasteiger partial charge in [0.25, 0.3) is 0 Å². The van der Waals surface area contributed by atoms with E-state index < -0.39 is 0 Å². The molecule has 1 aromatic carbocycles. The number of aryl methyl sites for hydroxylation is 1. The van der Waals surface area contributed by atoms with Gasteiger partial charge in [-0.1, -0.05) is 35.0 Å². The fourth-order valence-corrected chi connectivity index (χ4v) is 0.984. The highest BCUT2D eigenvalue weighted by molar-refractivity contribution is 9.10. The highest BCUT2D eigenvalue weighted by atomic mass is 79.9. The molecule has 0 nitrogen and oxygen atoms in total. The van der Waals surface area contributed by atoms with Gasteiger partial charge in [0.1, 0.15) is 0 Å². The van der Waals surface area contributed by atoms with Crippen molar-refractivity contribution in [3.05, 3.63) is 47.5 Å². The van der Waals surface area contributed by atoms with Gasteiger partial charge in [-0.05, 0) is 24.1 Å². The summed E-state index contributed by atoms with van der Waals surface area (Å²) in [5.74, 6) is 0. The van der Waals surface area contributed by atoms with Crippen molar-refractivity contribution in [2.45, 2.75) is 13.3 Å². The molecule has 0 fully saturated rings. The first kappa shape index (κ1) is 10.4. The molecular formula is C10H13Br. The van der Waals surface area contributed by atoms with E-state index in [0.29, 0.717) is 0 Å². The Kier molecular flexibility index (Phi) is 5.86. The summed E-state index contributed by atoms with van der Waals surface area (Å²) in [6.45, 7) is 8.16. The molecule has 0 atom stereocenters. The summed E-state index contributed by atoms with van der Waals surface area (Å²) in [6, 6.07) is 8.39. The molecule has 0 bridgehead atoms. The molecule has 11 heavy (non-hydrogen) atoms. The molecule has 1 rings (SSSR count). The van der Waals surface area contributed by atoms with Gasteiger partial charge in [0.15, 0.2) is 0 Å². The zero-order chi connectivity index (χ0) is 8.69. The molecule has 0 aliphatic heterocycles. The predicted molar refractivity (Wildman–Crippen MR) is 54.8 cm³/mol. The maximum absolute atomic E-state index is 3.37. The smallest absolute Gasteiger partial charge is 0.0175 e. The van der Waals surface area contributed by atoms with Gasteiger partial charge in [-0.2, -0.15) is 0 Å². The Morgan fingerprint density at radius 2 is 1.64 bits per heavy atom. The van der Waals surface area contributed by atoms with E-state index in [2.05, 4.69) is 60.3 Å². The SMILES string of the molecule is C=C.CCc1ccc(Br)cc1. The van der Waals surface area contributed by atoms with Gasteiger partial charge in [-0.3, -0.25) is 0 Å². The van der Waals surface area contributed by atoms with E-state index in [1.165, 1.54) is 5.56 Å². The second-order valence-corrected chi connectivity index (χ2v) is 2.90. The molecule has 0 N–H and O–H groups in total. The molecule has 0 saturated carbocycles. The van der Waals surface area contributed by atoms with Gasteiger partial charge in [0, 0.05) is 4.47 Å². The van der Waals surface area contributed by atoms with Gasteiger partial charge in [-0.15, -0.1) is 13.2 Å². The Morgan fingerprint density at radius 1 is 1.18 bits per heavy atom. The molecule has 0 spiro atoms. The van der Waals surface area contributed by atoms with E-state index >= 15 is 0 Å². The summed E-state index contributed by atoms with van der Waals surface area (Å²) in [7, 11) is 0. The lowest BCUT2D eigenvalue weighted by molar-refractivity contribution is 1.14. The third kappa shape index (κ3) is 3.99. The topological polar surface area (TPSA) is 0 Å². The summed E-state index contributed by atoms with van der Waals surface area (Å²) in [4.78, 5) is 0. The van der Waals surface area contributed by atoms with Crippen LogP contribution in [0.25, 0.3) is 0 Å². The summed E-state index contributed by atoms with van der Waals surface area (Å²) >= 11 is 3.37. The fraction of sp³-hybridized carbons (Fsp3) is 0.200.